The molecule has 1 aliphatic rings. The maximum Gasteiger partial charge on any atom is 0.296 e. The highest BCUT2D eigenvalue weighted by Gasteiger charge is 2.47. The summed E-state index contributed by atoms with van der Waals surface area (Å²) < 4.78 is 5.48. The molecule has 1 unspecified atom stereocenters. The summed E-state index contributed by atoms with van der Waals surface area (Å²) in [5.74, 6) is -1.44. The molecule has 0 saturated carbocycles. The van der Waals surface area contributed by atoms with E-state index < -0.39 is 17.7 Å². The van der Waals surface area contributed by atoms with Crippen molar-refractivity contribution >= 4 is 29.1 Å². The van der Waals surface area contributed by atoms with E-state index in [9.17, 15) is 14.7 Å². The molecule has 7 heteroatoms. The van der Waals surface area contributed by atoms with E-state index in [1.54, 1.807) is 54.7 Å². The Balaban J connectivity index is 1.84. The number of carbonyl (C=O) groups excluding carboxylic acids is 2. The van der Waals surface area contributed by atoms with Gasteiger partial charge in [-0.05, 0) is 36.4 Å². The van der Waals surface area contributed by atoms with Crippen LogP contribution in [0.4, 0.5) is 0 Å². The first-order valence-electron chi connectivity index (χ1n) is 8.54. The van der Waals surface area contributed by atoms with Crippen LogP contribution < -0.4 is 0 Å². The number of amides is 1. The molecule has 1 fully saturated rings. The zero-order valence-corrected chi connectivity index (χ0v) is 15.3. The molecule has 1 saturated heterocycles. The summed E-state index contributed by atoms with van der Waals surface area (Å²) in [6, 6.07) is 14.2. The van der Waals surface area contributed by atoms with Crippen LogP contribution in [-0.4, -0.2) is 26.7 Å². The van der Waals surface area contributed by atoms with E-state index in [1.807, 2.05) is 0 Å². The van der Waals surface area contributed by atoms with Crippen LogP contribution in [0.25, 0.3) is 5.76 Å². The summed E-state index contributed by atoms with van der Waals surface area (Å²) in [5.41, 5.74) is 0.918. The Morgan fingerprint density at radius 2 is 2.00 bits per heavy atom. The molecule has 1 N–H and O–H groups in total. The van der Waals surface area contributed by atoms with Crippen molar-refractivity contribution in [3.05, 3.63) is 94.7 Å². The van der Waals surface area contributed by atoms with Crippen molar-refractivity contribution in [2.24, 2.45) is 0 Å². The average molecular weight is 395 g/mol. The van der Waals surface area contributed by atoms with Crippen molar-refractivity contribution in [2.45, 2.75) is 12.6 Å². The molecule has 0 spiro atoms. The van der Waals surface area contributed by atoms with Gasteiger partial charge < -0.3 is 14.4 Å². The Labute approximate surface area is 165 Å². The quantitative estimate of drug-likeness (QED) is 0.411. The minimum Gasteiger partial charge on any atom is -0.507 e. The monoisotopic (exact) mass is 394 g/mol. The largest absolute Gasteiger partial charge is 0.507 e. The van der Waals surface area contributed by atoms with Gasteiger partial charge in [-0.15, -0.1) is 0 Å². The number of aliphatic hydroxyl groups is 1. The van der Waals surface area contributed by atoms with Crippen LogP contribution in [0.2, 0.25) is 5.02 Å². The molecule has 0 aliphatic carbocycles. The average Bonchev–Trinajstić information content (AvgIpc) is 3.31. The molecular formula is C21H15ClN2O4. The number of Topliss-reactive ketones (excluding diaryl/α,β-unsaturated/α-hetero) is 1. The molecule has 1 aliphatic heterocycles. The first kappa shape index (κ1) is 18.0. The van der Waals surface area contributed by atoms with Crippen LogP contribution in [0.15, 0.2) is 77.0 Å². The maximum absolute atomic E-state index is 12.8. The molecule has 1 amide bonds. The van der Waals surface area contributed by atoms with Crippen molar-refractivity contribution < 1.29 is 19.1 Å². The second kappa shape index (κ2) is 7.32. The lowest BCUT2D eigenvalue weighted by Crippen LogP contribution is -2.29. The molecular weight excluding hydrogens is 380 g/mol. The smallest absolute Gasteiger partial charge is 0.296 e. The molecule has 3 heterocycles. The van der Waals surface area contributed by atoms with E-state index in [0.29, 0.717) is 22.0 Å². The molecule has 0 radical (unpaired) electrons. The lowest BCUT2D eigenvalue weighted by atomic mass is 9.99. The highest BCUT2D eigenvalue weighted by atomic mass is 35.5. The highest BCUT2D eigenvalue weighted by molar-refractivity contribution is 6.46. The van der Waals surface area contributed by atoms with Gasteiger partial charge >= 0.3 is 0 Å². The molecule has 0 bridgehead atoms. The summed E-state index contributed by atoms with van der Waals surface area (Å²) in [4.78, 5) is 31.1. The molecule has 2 aromatic heterocycles. The zero-order chi connectivity index (χ0) is 19.7. The van der Waals surface area contributed by atoms with E-state index >= 15 is 0 Å². The Morgan fingerprint density at radius 3 is 2.68 bits per heavy atom. The van der Waals surface area contributed by atoms with Gasteiger partial charge in [0.15, 0.2) is 0 Å². The van der Waals surface area contributed by atoms with Crippen LogP contribution >= 0.6 is 11.6 Å². The van der Waals surface area contributed by atoms with Crippen molar-refractivity contribution in [1.82, 2.24) is 9.88 Å². The number of furan rings is 1. The number of halogens is 1. The topological polar surface area (TPSA) is 83.6 Å². The van der Waals surface area contributed by atoms with Gasteiger partial charge in [-0.1, -0.05) is 29.8 Å². The van der Waals surface area contributed by atoms with E-state index in [4.69, 9.17) is 16.0 Å². The molecule has 1 aromatic carbocycles. The molecule has 6 nitrogen and oxygen atoms in total. The fraction of sp³-hybridized carbons (Fsp3) is 0.0952. The van der Waals surface area contributed by atoms with Crippen LogP contribution in [0.1, 0.15) is 23.1 Å². The lowest BCUT2D eigenvalue weighted by molar-refractivity contribution is -0.140. The Hall–Kier alpha value is -3.38. The van der Waals surface area contributed by atoms with Crippen LogP contribution in [0.3, 0.4) is 0 Å². The number of aromatic nitrogens is 1. The lowest BCUT2D eigenvalue weighted by Gasteiger charge is -2.22. The van der Waals surface area contributed by atoms with Crippen molar-refractivity contribution in [3.63, 3.8) is 0 Å². The third-order valence-electron chi connectivity index (χ3n) is 4.51. The van der Waals surface area contributed by atoms with Gasteiger partial charge in [0.05, 0.1) is 24.1 Å². The van der Waals surface area contributed by atoms with Gasteiger partial charge in [0.1, 0.15) is 17.6 Å². The van der Waals surface area contributed by atoms with E-state index in [-0.39, 0.29) is 17.9 Å². The zero-order valence-electron chi connectivity index (χ0n) is 14.6. The number of hydrogen-bond donors (Lipinski definition) is 1. The van der Waals surface area contributed by atoms with Crippen LogP contribution in [-0.2, 0) is 16.1 Å². The van der Waals surface area contributed by atoms with Gasteiger partial charge in [0, 0.05) is 16.8 Å². The van der Waals surface area contributed by atoms with Crippen molar-refractivity contribution in [1.29, 1.82) is 0 Å². The van der Waals surface area contributed by atoms with Gasteiger partial charge in [0.2, 0.25) is 0 Å². The number of ketones is 1. The fourth-order valence-electron chi connectivity index (χ4n) is 3.24. The summed E-state index contributed by atoms with van der Waals surface area (Å²) >= 11 is 6.01. The van der Waals surface area contributed by atoms with Crippen molar-refractivity contribution in [2.75, 3.05) is 0 Å². The predicted molar refractivity (Wildman–Crippen MR) is 102 cm³/mol. The van der Waals surface area contributed by atoms with E-state index in [0.717, 1.165) is 0 Å². The number of likely N-dealkylation sites (tertiary alicyclic amines) is 1. The first-order valence-corrected chi connectivity index (χ1v) is 8.91. The van der Waals surface area contributed by atoms with E-state index in [2.05, 4.69) is 4.98 Å². The highest BCUT2D eigenvalue weighted by Crippen LogP contribution is 2.40. The Bertz CT molecular complexity index is 1060. The maximum atomic E-state index is 12.8. The molecule has 1 atom stereocenters. The third-order valence-corrected chi connectivity index (χ3v) is 4.74. The number of pyridine rings is 1. The van der Waals surface area contributed by atoms with Gasteiger partial charge in [0.25, 0.3) is 11.7 Å². The van der Waals surface area contributed by atoms with E-state index in [1.165, 1.54) is 17.2 Å². The van der Waals surface area contributed by atoms with Gasteiger partial charge in [-0.25, -0.2) is 0 Å². The number of aliphatic hydroxyl groups excluding tert-OH is 1. The minimum atomic E-state index is -0.865. The fourth-order valence-corrected chi connectivity index (χ4v) is 3.43. The number of carbonyl (C=O) groups is 2. The number of hydrogen-bond acceptors (Lipinski definition) is 5. The number of rotatable bonds is 4. The van der Waals surface area contributed by atoms with Gasteiger partial charge in [-0.2, -0.15) is 0 Å². The third kappa shape index (κ3) is 3.18. The summed E-state index contributed by atoms with van der Waals surface area (Å²) in [6.07, 6.45) is 3.06. The SMILES string of the molecule is O=C1C(=O)N(Cc2ccccn2)C(c2ccco2)/C1=C(/O)c1cccc(Cl)c1. The second-order valence-corrected chi connectivity index (χ2v) is 6.71. The predicted octanol–water partition coefficient (Wildman–Crippen LogP) is 3.95. The standard InChI is InChI=1S/C21H15ClN2O4/c22-14-6-3-5-13(11-14)19(25)17-18(16-8-4-10-28-16)24(21(27)20(17)26)12-15-7-1-2-9-23-15/h1-11,18,25H,12H2/b19-17-. The van der Waals surface area contributed by atoms with Crippen LogP contribution in [0.5, 0.6) is 0 Å². The molecule has 140 valence electrons. The number of benzene rings is 1. The Morgan fingerprint density at radius 1 is 1.14 bits per heavy atom. The van der Waals surface area contributed by atoms with Crippen LogP contribution in [0, 0.1) is 0 Å². The van der Waals surface area contributed by atoms with Gasteiger partial charge in [-0.3, -0.25) is 14.6 Å². The first-order chi connectivity index (χ1) is 13.6. The molecule has 28 heavy (non-hydrogen) atoms. The summed E-state index contributed by atoms with van der Waals surface area (Å²) in [5, 5.41) is 11.3. The normalized spacial score (nSPS) is 18.6. The second-order valence-electron chi connectivity index (χ2n) is 6.27. The molecule has 3 aromatic rings. The molecule has 4 rings (SSSR count). The summed E-state index contributed by atoms with van der Waals surface area (Å²) in [7, 11) is 0. The number of nitrogens with zero attached hydrogens (tertiary/aromatic N) is 2. The van der Waals surface area contributed by atoms with Crippen molar-refractivity contribution in [3.8, 4) is 0 Å². The minimum absolute atomic E-state index is 0.0434. The Kier molecular flexibility index (Phi) is 4.71. The summed E-state index contributed by atoms with van der Waals surface area (Å²) in [6.45, 7) is 0.100.